The van der Waals surface area contributed by atoms with Gasteiger partial charge < -0.3 is 15.0 Å². The molecule has 0 spiro atoms. The summed E-state index contributed by atoms with van der Waals surface area (Å²) in [5.74, 6) is 0.323. The van der Waals surface area contributed by atoms with Crippen LogP contribution in [0.15, 0.2) is 29.4 Å². The number of nitroso groups, excluding NO2 is 1. The number of nitrogens with zero attached hydrogens (tertiary/aromatic N) is 2. The fraction of sp³-hybridized carbons (Fsp3) is 0.316. The first-order chi connectivity index (χ1) is 12.5. The normalized spacial score (nSPS) is 18.9. The lowest BCUT2D eigenvalue weighted by atomic mass is 9.86. The molecule has 0 saturated heterocycles. The van der Waals surface area contributed by atoms with Crippen molar-refractivity contribution in [2.45, 2.75) is 19.0 Å². The molecule has 1 N–H and O–H groups in total. The maximum Gasteiger partial charge on any atom is 0.257 e. The van der Waals surface area contributed by atoms with Crippen LogP contribution < -0.4 is 10.1 Å². The van der Waals surface area contributed by atoms with Crippen molar-refractivity contribution < 1.29 is 9.53 Å². The zero-order chi connectivity index (χ0) is 18.4. The van der Waals surface area contributed by atoms with Crippen LogP contribution in [0.25, 0.3) is 11.1 Å². The summed E-state index contributed by atoms with van der Waals surface area (Å²) in [7, 11) is 3.65. The SMILES string of the molecule is COc1ccc(Cl)cc1-c1cc2c(c3c1CCN(C)C3)NC(=O)C2N=O. The molecule has 6 nitrogen and oxygen atoms in total. The van der Waals surface area contributed by atoms with Gasteiger partial charge in [-0.25, -0.2) is 0 Å². The van der Waals surface area contributed by atoms with E-state index in [1.807, 2.05) is 25.2 Å². The van der Waals surface area contributed by atoms with Crippen LogP contribution in [-0.4, -0.2) is 31.5 Å². The van der Waals surface area contributed by atoms with Gasteiger partial charge in [-0.05, 0) is 54.4 Å². The highest BCUT2D eigenvalue weighted by molar-refractivity contribution is 6.31. The lowest BCUT2D eigenvalue weighted by Gasteiger charge is -2.29. The Morgan fingerprint density at radius 3 is 2.81 bits per heavy atom. The van der Waals surface area contributed by atoms with Crippen LogP contribution >= 0.6 is 11.6 Å². The standard InChI is InChI=1S/C19H18ClN3O3/c1-23-6-5-11-12(13-7-10(20)3-4-16(13)26-2)8-14-17(15(11)9-23)21-19(24)18(14)22-25/h3-4,7-8,18H,5-6,9H2,1-2H3,(H,21,24). The second kappa shape index (κ2) is 6.37. The summed E-state index contributed by atoms with van der Waals surface area (Å²) in [4.78, 5) is 25.7. The number of carbonyl (C=O) groups excluding carboxylic acids is 1. The molecule has 0 saturated carbocycles. The number of methoxy groups -OCH3 is 1. The van der Waals surface area contributed by atoms with Crippen LogP contribution in [0.2, 0.25) is 5.02 Å². The average Bonchev–Trinajstić information content (AvgIpc) is 2.96. The molecule has 134 valence electrons. The summed E-state index contributed by atoms with van der Waals surface area (Å²) in [6.45, 7) is 1.60. The van der Waals surface area contributed by atoms with Crippen LogP contribution in [0.3, 0.4) is 0 Å². The molecule has 1 amide bonds. The average molecular weight is 372 g/mol. The van der Waals surface area contributed by atoms with Gasteiger partial charge in [0.15, 0.2) is 6.04 Å². The van der Waals surface area contributed by atoms with Gasteiger partial charge in [0.2, 0.25) is 0 Å². The maximum atomic E-state index is 12.2. The second-order valence-corrected chi connectivity index (χ2v) is 7.11. The molecule has 7 heteroatoms. The molecule has 0 aliphatic carbocycles. The Balaban J connectivity index is 2.01. The predicted octanol–water partition coefficient (Wildman–Crippen LogP) is 3.76. The van der Waals surface area contributed by atoms with Crippen LogP contribution in [0.4, 0.5) is 5.69 Å². The van der Waals surface area contributed by atoms with Gasteiger partial charge in [-0.1, -0.05) is 16.8 Å². The Hall–Kier alpha value is -2.44. The number of hydrogen-bond acceptors (Lipinski definition) is 5. The van der Waals surface area contributed by atoms with Crippen molar-refractivity contribution in [1.29, 1.82) is 0 Å². The van der Waals surface area contributed by atoms with E-state index in [4.69, 9.17) is 16.3 Å². The number of amides is 1. The summed E-state index contributed by atoms with van der Waals surface area (Å²) in [6.07, 6.45) is 0.833. The number of rotatable bonds is 3. The summed E-state index contributed by atoms with van der Waals surface area (Å²) in [6, 6.07) is 6.32. The number of benzene rings is 2. The van der Waals surface area contributed by atoms with Crippen molar-refractivity contribution >= 4 is 23.2 Å². The molecule has 4 rings (SSSR count). The number of likely N-dealkylation sites (N-methyl/N-ethyl adjacent to an activating group) is 1. The van der Waals surface area contributed by atoms with E-state index >= 15 is 0 Å². The number of fused-ring (bicyclic) bond motifs is 3. The van der Waals surface area contributed by atoms with Crippen molar-refractivity contribution in [1.82, 2.24) is 4.90 Å². The molecule has 2 aliphatic heterocycles. The van der Waals surface area contributed by atoms with E-state index in [0.29, 0.717) is 22.9 Å². The lowest BCUT2D eigenvalue weighted by Crippen LogP contribution is -2.27. The summed E-state index contributed by atoms with van der Waals surface area (Å²) < 4.78 is 5.52. The Bertz CT molecular complexity index is 929. The molecule has 0 fully saturated rings. The number of halogens is 1. The molecular weight excluding hydrogens is 354 g/mol. The minimum absolute atomic E-state index is 0.374. The molecule has 2 aliphatic rings. The van der Waals surface area contributed by atoms with Crippen LogP contribution in [-0.2, 0) is 17.8 Å². The Morgan fingerprint density at radius 1 is 1.27 bits per heavy atom. The van der Waals surface area contributed by atoms with E-state index < -0.39 is 6.04 Å². The molecule has 0 radical (unpaired) electrons. The van der Waals surface area contributed by atoms with Crippen molar-refractivity contribution in [2.75, 3.05) is 26.0 Å². The van der Waals surface area contributed by atoms with Gasteiger partial charge >= 0.3 is 0 Å². The van der Waals surface area contributed by atoms with E-state index in [9.17, 15) is 9.70 Å². The highest BCUT2D eigenvalue weighted by Crippen LogP contribution is 2.46. The minimum Gasteiger partial charge on any atom is -0.496 e. The second-order valence-electron chi connectivity index (χ2n) is 6.68. The Kier molecular flexibility index (Phi) is 4.17. The van der Waals surface area contributed by atoms with Crippen LogP contribution in [0, 0.1) is 4.91 Å². The third kappa shape index (κ3) is 2.57. The zero-order valence-corrected chi connectivity index (χ0v) is 15.3. The van der Waals surface area contributed by atoms with E-state index in [-0.39, 0.29) is 5.91 Å². The molecule has 0 bridgehead atoms. The lowest BCUT2D eigenvalue weighted by molar-refractivity contribution is -0.116. The number of anilines is 1. The van der Waals surface area contributed by atoms with Crippen molar-refractivity contribution in [3.05, 3.63) is 50.9 Å². The van der Waals surface area contributed by atoms with Gasteiger partial charge in [-0.15, -0.1) is 4.91 Å². The molecule has 2 heterocycles. The number of ether oxygens (including phenoxy) is 1. The van der Waals surface area contributed by atoms with Gasteiger partial charge in [0.25, 0.3) is 5.91 Å². The third-order valence-corrected chi connectivity index (χ3v) is 5.33. The molecule has 0 aromatic heterocycles. The molecule has 2 aromatic rings. The van der Waals surface area contributed by atoms with Crippen LogP contribution in [0.5, 0.6) is 5.75 Å². The fourth-order valence-electron chi connectivity index (χ4n) is 3.85. The number of hydrogen-bond donors (Lipinski definition) is 1. The van der Waals surface area contributed by atoms with E-state index in [1.54, 1.807) is 13.2 Å². The van der Waals surface area contributed by atoms with Crippen molar-refractivity contribution in [2.24, 2.45) is 5.18 Å². The van der Waals surface area contributed by atoms with E-state index in [0.717, 1.165) is 40.9 Å². The minimum atomic E-state index is -1.02. The monoisotopic (exact) mass is 371 g/mol. The smallest absolute Gasteiger partial charge is 0.257 e. The molecule has 1 atom stereocenters. The molecule has 2 aromatic carbocycles. The van der Waals surface area contributed by atoms with E-state index in [2.05, 4.69) is 15.4 Å². The summed E-state index contributed by atoms with van der Waals surface area (Å²) in [5, 5.41) is 6.49. The Labute approximate surface area is 156 Å². The first-order valence-corrected chi connectivity index (χ1v) is 8.75. The van der Waals surface area contributed by atoms with Crippen molar-refractivity contribution in [3.8, 4) is 16.9 Å². The predicted molar refractivity (Wildman–Crippen MR) is 101 cm³/mol. The number of carbonyl (C=O) groups is 1. The molecule has 26 heavy (non-hydrogen) atoms. The Morgan fingerprint density at radius 2 is 2.08 bits per heavy atom. The fourth-order valence-corrected chi connectivity index (χ4v) is 4.02. The third-order valence-electron chi connectivity index (χ3n) is 5.10. The van der Waals surface area contributed by atoms with Gasteiger partial charge in [-0.3, -0.25) is 4.79 Å². The highest BCUT2D eigenvalue weighted by Gasteiger charge is 2.37. The molecular formula is C19H18ClN3O3. The van der Waals surface area contributed by atoms with Crippen LogP contribution in [0.1, 0.15) is 22.7 Å². The van der Waals surface area contributed by atoms with Gasteiger partial charge in [-0.2, -0.15) is 0 Å². The largest absolute Gasteiger partial charge is 0.496 e. The first-order valence-electron chi connectivity index (χ1n) is 8.38. The van der Waals surface area contributed by atoms with Gasteiger partial charge in [0.1, 0.15) is 5.75 Å². The van der Waals surface area contributed by atoms with Gasteiger partial charge in [0, 0.05) is 29.2 Å². The summed E-state index contributed by atoms with van der Waals surface area (Å²) in [5.41, 5.74) is 5.33. The first kappa shape index (κ1) is 17.0. The van der Waals surface area contributed by atoms with E-state index in [1.165, 1.54) is 0 Å². The summed E-state index contributed by atoms with van der Waals surface area (Å²) >= 11 is 6.23. The maximum absolute atomic E-state index is 12.2. The van der Waals surface area contributed by atoms with Gasteiger partial charge in [0.05, 0.1) is 12.8 Å². The quantitative estimate of drug-likeness (QED) is 0.834. The highest BCUT2D eigenvalue weighted by atomic mass is 35.5. The topological polar surface area (TPSA) is 71.0 Å². The van der Waals surface area contributed by atoms with Crippen molar-refractivity contribution in [3.63, 3.8) is 0 Å². The zero-order valence-electron chi connectivity index (χ0n) is 14.5. The molecule has 1 unspecified atom stereocenters. The number of nitrogens with one attached hydrogen (secondary N) is 1.